The number of rotatable bonds is 8. The zero-order valence-electron chi connectivity index (χ0n) is 15.1. The van der Waals surface area contributed by atoms with Gasteiger partial charge < -0.3 is 9.84 Å². The summed E-state index contributed by atoms with van der Waals surface area (Å²) in [7, 11) is 0. The van der Waals surface area contributed by atoms with E-state index in [0.29, 0.717) is 22.7 Å². The molecule has 1 aromatic heterocycles. The first-order valence-corrected chi connectivity index (χ1v) is 8.48. The second-order valence-corrected chi connectivity index (χ2v) is 6.14. The number of aromatic nitrogens is 3. The third-order valence-electron chi connectivity index (χ3n) is 3.95. The third-order valence-corrected chi connectivity index (χ3v) is 3.95. The molecule has 0 aliphatic carbocycles. The van der Waals surface area contributed by atoms with Gasteiger partial charge in [-0.3, -0.25) is 14.9 Å². The Hall–Kier alpha value is -3.59. The fourth-order valence-electron chi connectivity index (χ4n) is 2.51. The molecule has 1 unspecified atom stereocenters. The molecule has 9 heteroatoms. The topological polar surface area (TPSA) is 120 Å². The van der Waals surface area contributed by atoms with Crippen LogP contribution in [0, 0.1) is 10.1 Å². The van der Waals surface area contributed by atoms with E-state index < -0.39 is 11.0 Å². The van der Waals surface area contributed by atoms with Crippen molar-refractivity contribution in [1.29, 1.82) is 0 Å². The van der Waals surface area contributed by atoms with Gasteiger partial charge in [0.25, 0.3) is 5.69 Å². The summed E-state index contributed by atoms with van der Waals surface area (Å²) in [4.78, 5) is 25.8. The van der Waals surface area contributed by atoms with E-state index in [1.807, 2.05) is 0 Å². The number of nitro groups is 1. The summed E-state index contributed by atoms with van der Waals surface area (Å²) in [5, 5.41) is 25.1. The van der Waals surface area contributed by atoms with Crippen LogP contribution >= 0.6 is 0 Å². The molecule has 0 amide bonds. The van der Waals surface area contributed by atoms with Crippen molar-refractivity contribution in [3.63, 3.8) is 0 Å². The van der Waals surface area contributed by atoms with Crippen molar-refractivity contribution in [2.24, 2.45) is 0 Å². The largest absolute Gasteiger partial charge is 0.491 e. The predicted octanol–water partition coefficient (Wildman–Crippen LogP) is 2.50. The normalized spacial score (nSPS) is 11.8. The smallest absolute Gasteiger partial charge is 0.269 e. The highest BCUT2D eigenvalue weighted by Crippen LogP contribution is 2.19. The lowest BCUT2D eigenvalue weighted by molar-refractivity contribution is -0.384. The van der Waals surface area contributed by atoms with Crippen molar-refractivity contribution < 1.29 is 19.6 Å². The molecule has 0 radical (unpaired) electrons. The number of carbonyl (C=O) groups excluding carboxylic acids is 1. The van der Waals surface area contributed by atoms with E-state index in [9.17, 15) is 20.0 Å². The number of nitrogens with zero attached hydrogens (tertiary/aromatic N) is 4. The van der Waals surface area contributed by atoms with E-state index in [0.717, 1.165) is 0 Å². The summed E-state index contributed by atoms with van der Waals surface area (Å²) < 4.78 is 7.00. The van der Waals surface area contributed by atoms with Crippen LogP contribution in [-0.4, -0.2) is 43.3 Å². The Morgan fingerprint density at radius 2 is 2.04 bits per heavy atom. The van der Waals surface area contributed by atoms with Crippen LogP contribution in [0.1, 0.15) is 17.3 Å². The second kappa shape index (κ2) is 8.40. The molecule has 0 spiro atoms. The molecule has 1 heterocycles. The molecule has 0 saturated carbocycles. The zero-order chi connectivity index (χ0) is 20.1. The standard InChI is InChI=1S/C19H18N4O5/c1-13(24)15-3-2-4-18(9-15)28-11-17(25)10-22-12-20-19(21-22)14-5-7-16(8-6-14)23(26)27/h2-9,12,17,25H,10-11H2,1H3. The number of benzene rings is 2. The molecule has 2 aromatic carbocycles. The lowest BCUT2D eigenvalue weighted by atomic mass is 10.1. The quantitative estimate of drug-likeness (QED) is 0.361. The van der Waals surface area contributed by atoms with Crippen LogP contribution in [0.25, 0.3) is 11.4 Å². The van der Waals surface area contributed by atoms with Crippen LogP contribution in [0.5, 0.6) is 5.75 Å². The molecule has 3 aromatic rings. The number of non-ortho nitro benzene ring substituents is 1. The van der Waals surface area contributed by atoms with E-state index in [4.69, 9.17) is 4.74 Å². The van der Waals surface area contributed by atoms with Crippen LogP contribution in [0.4, 0.5) is 5.69 Å². The number of Topliss-reactive ketones (excluding diaryl/α,β-unsaturated/α-hetero) is 1. The number of ketones is 1. The first-order valence-electron chi connectivity index (χ1n) is 8.48. The fourth-order valence-corrected chi connectivity index (χ4v) is 2.51. The summed E-state index contributed by atoms with van der Waals surface area (Å²) >= 11 is 0. The second-order valence-electron chi connectivity index (χ2n) is 6.14. The average Bonchev–Trinajstić information content (AvgIpc) is 3.15. The van der Waals surface area contributed by atoms with Crippen molar-refractivity contribution in [1.82, 2.24) is 14.8 Å². The van der Waals surface area contributed by atoms with Gasteiger partial charge in [-0.15, -0.1) is 0 Å². The SMILES string of the molecule is CC(=O)c1cccc(OCC(O)Cn2cnc(-c3ccc([N+](=O)[O-])cc3)n2)c1. The van der Waals surface area contributed by atoms with Gasteiger partial charge in [0.2, 0.25) is 0 Å². The van der Waals surface area contributed by atoms with Gasteiger partial charge in [-0.2, -0.15) is 5.10 Å². The third kappa shape index (κ3) is 4.77. The molecule has 0 aliphatic rings. The number of aliphatic hydroxyl groups is 1. The van der Waals surface area contributed by atoms with Gasteiger partial charge in [0.1, 0.15) is 24.8 Å². The van der Waals surface area contributed by atoms with Crippen LogP contribution in [0.3, 0.4) is 0 Å². The minimum Gasteiger partial charge on any atom is -0.491 e. The Morgan fingerprint density at radius 1 is 1.29 bits per heavy atom. The first kappa shape index (κ1) is 19.2. The van der Waals surface area contributed by atoms with Crippen LogP contribution in [-0.2, 0) is 6.54 Å². The monoisotopic (exact) mass is 382 g/mol. The highest BCUT2D eigenvalue weighted by atomic mass is 16.6. The van der Waals surface area contributed by atoms with Crippen molar-refractivity contribution in [2.75, 3.05) is 6.61 Å². The highest BCUT2D eigenvalue weighted by molar-refractivity contribution is 5.94. The highest BCUT2D eigenvalue weighted by Gasteiger charge is 2.12. The zero-order valence-corrected chi connectivity index (χ0v) is 15.1. The minimum absolute atomic E-state index is 0.00963. The Kier molecular flexibility index (Phi) is 5.75. The predicted molar refractivity (Wildman–Crippen MR) is 100 cm³/mol. The number of carbonyl (C=O) groups is 1. The molecule has 28 heavy (non-hydrogen) atoms. The van der Waals surface area contributed by atoms with Crippen molar-refractivity contribution in [3.05, 3.63) is 70.5 Å². The van der Waals surface area contributed by atoms with Crippen LogP contribution in [0.15, 0.2) is 54.9 Å². The van der Waals surface area contributed by atoms with E-state index in [-0.39, 0.29) is 24.6 Å². The van der Waals surface area contributed by atoms with Gasteiger partial charge in [-0.25, -0.2) is 9.67 Å². The Morgan fingerprint density at radius 3 is 2.71 bits per heavy atom. The summed E-state index contributed by atoms with van der Waals surface area (Å²) in [6.45, 7) is 1.65. The first-order chi connectivity index (χ1) is 13.4. The number of nitro benzene ring substituents is 1. The van der Waals surface area contributed by atoms with E-state index >= 15 is 0 Å². The lowest BCUT2D eigenvalue weighted by Gasteiger charge is -2.12. The number of ether oxygens (including phenoxy) is 1. The van der Waals surface area contributed by atoms with Crippen molar-refractivity contribution >= 4 is 11.5 Å². The maximum absolute atomic E-state index is 11.4. The maximum atomic E-state index is 11.4. The Balaban J connectivity index is 1.58. The van der Waals surface area contributed by atoms with E-state index in [1.165, 1.54) is 30.1 Å². The molecular weight excluding hydrogens is 364 g/mol. The van der Waals surface area contributed by atoms with E-state index in [1.54, 1.807) is 36.4 Å². The Bertz CT molecular complexity index is 984. The summed E-state index contributed by atoms with van der Waals surface area (Å²) in [6.07, 6.45) is 0.628. The molecule has 1 atom stereocenters. The molecular formula is C19H18N4O5. The van der Waals surface area contributed by atoms with Crippen molar-refractivity contribution in [2.45, 2.75) is 19.6 Å². The van der Waals surface area contributed by atoms with Gasteiger partial charge >= 0.3 is 0 Å². The summed E-state index contributed by atoms with van der Waals surface area (Å²) in [5.74, 6) is 0.835. The molecule has 0 bridgehead atoms. The van der Waals surface area contributed by atoms with Crippen LogP contribution in [0.2, 0.25) is 0 Å². The van der Waals surface area contributed by atoms with E-state index in [2.05, 4.69) is 10.1 Å². The minimum atomic E-state index is -0.840. The van der Waals surface area contributed by atoms with Gasteiger partial charge in [0, 0.05) is 23.3 Å². The van der Waals surface area contributed by atoms with Crippen LogP contribution < -0.4 is 4.74 Å². The molecule has 0 saturated heterocycles. The number of hydrogen-bond donors (Lipinski definition) is 1. The summed E-state index contributed by atoms with van der Waals surface area (Å²) in [6, 6.07) is 12.6. The number of hydrogen-bond acceptors (Lipinski definition) is 7. The molecule has 9 nitrogen and oxygen atoms in total. The van der Waals surface area contributed by atoms with Gasteiger partial charge in [0.15, 0.2) is 11.6 Å². The maximum Gasteiger partial charge on any atom is 0.269 e. The van der Waals surface area contributed by atoms with Crippen molar-refractivity contribution in [3.8, 4) is 17.1 Å². The Labute approximate surface area is 160 Å². The molecule has 3 rings (SSSR count). The molecule has 0 fully saturated rings. The number of aliphatic hydroxyl groups excluding tert-OH is 1. The van der Waals surface area contributed by atoms with Gasteiger partial charge in [-0.1, -0.05) is 12.1 Å². The average molecular weight is 382 g/mol. The molecule has 0 aliphatic heterocycles. The van der Waals surface area contributed by atoms with Gasteiger partial charge in [-0.05, 0) is 31.2 Å². The van der Waals surface area contributed by atoms with Gasteiger partial charge in [0.05, 0.1) is 11.5 Å². The molecule has 1 N–H and O–H groups in total. The summed E-state index contributed by atoms with van der Waals surface area (Å²) in [5.41, 5.74) is 1.16. The lowest BCUT2D eigenvalue weighted by Crippen LogP contribution is -2.24. The fraction of sp³-hybridized carbons (Fsp3) is 0.211. The molecule has 144 valence electrons.